The van der Waals surface area contributed by atoms with Gasteiger partial charge in [-0.15, -0.1) is 0 Å². The van der Waals surface area contributed by atoms with Crippen LogP contribution in [0.2, 0.25) is 0 Å². The van der Waals surface area contributed by atoms with Crippen molar-refractivity contribution in [2.45, 2.75) is 44.7 Å². The second-order valence-corrected chi connectivity index (χ2v) is 7.56. The summed E-state index contributed by atoms with van der Waals surface area (Å²) in [6, 6.07) is 17.3. The third-order valence-electron chi connectivity index (χ3n) is 5.66. The Morgan fingerprint density at radius 3 is 2.55 bits per heavy atom. The Bertz CT molecular complexity index is 892. The van der Waals surface area contributed by atoms with Gasteiger partial charge in [-0.05, 0) is 36.1 Å². The number of hydrogen-bond acceptors (Lipinski definition) is 4. The lowest BCUT2D eigenvalue weighted by Crippen LogP contribution is -2.45. The van der Waals surface area contributed by atoms with Crippen LogP contribution in [0.25, 0.3) is 10.8 Å². The van der Waals surface area contributed by atoms with E-state index in [1.807, 2.05) is 6.07 Å². The van der Waals surface area contributed by atoms with E-state index in [1.165, 1.54) is 16.3 Å². The van der Waals surface area contributed by atoms with E-state index in [1.54, 1.807) is 0 Å². The molecule has 2 aromatic rings. The van der Waals surface area contributed by atoms with Gasteiger partial charge in [0.05, 0.1) is 6.07 Å². The molecule has 1 heterocycles. The summed E-state index contributed by atoms with van der Waals surface area (Å²) in [6.45, 7) is 4.09. The molecular weight excluding hydrogens is 364 g/mol. The largest absolute Gasteiger partial charge is 0.353 e. The smallest absolute Gasteiger partial charge is 0.221 e. The summed E-state index contributed by atoms with van der Waals surface area (Å²) in [5.74, 6) is -0.363. The van der Waals surface area contributed by atoms with Gasteiger partial charge in [0.25, 0.3) is 0 Å². The minimum absolute atomic E-state index is 0.0200. The van der Waals surface area contributed by atoms with Crippen molar-refractivity contribution in [3.63, 3.8) is 0 Å². The van der Waals surface area contributed by atoms with Gasteiger partial charge in [0.15, 0.2) is 0 Å². The number of carbonyl (C=O) groups is 2. The fourth-order valence-corrected chi connectivity index (χ4v) is 4.00. The van der Waals surface area contributed by atoms with E-state index in [0.717, 1.165) is 25.9 Å². The predicted octanol–water partition coefficient (Wildman–Crippen LogP) is 2.90. The van der Waals surface area contributed by atoms with E-state index >= 15 is 0 Å². The maximum Gasteiger partial charge on any atom is 0.221 e. The van der Waals surface area contributed by atoms with Gasteiger partial charge in [-0.2, -0.15) is 5.26 Å². The highest BCUT2D eigenvalue weighted by Crippen LogP contribution is 2.30. The molecule has 2 aromatic carbocycles. The van der Waals surface area contributed by atoms with Gasteiger partial charge < -0.3 is 10.6 Å². The van der Waals surface area contributed by atoms with Crippen LogP contribution in [0.4, 0.5) is 0 Å². The van der Waals surface area contributed by atoms with Gasteiger partial charge in [-0.3, -0.25) is 14.5 Å². The number of piperidine rings is 1. The van der Waals surface area contributed by atoms with Gasteiger partial charge >= 0.3 is 0 Å². The van der Waals surface area contributed by atoms with E-state index in [0.29, 0.717) is 6.04 Å². The van der Waals surface area contributed by atoms with Crippen LogP contribution < -0.4 is 10.6 Å². The number of nitrogens with one attached hydrogen (secondary N) is 2. The maximum absolute atomic E-state index is 12.1. The Balaban J connectivity index is 1.48. The van der Waals surface area contributed by atoms with Crippen LogP contribution in [0.1, 0.15) is 44.2 Å². The van der Waals surface area contributed by atoms with Crippen LogP contribution >= 0.6 is 0 Å². The van der Waals surface area contributed by atoms with Crippen LogP contribution in [0.15, 0.2) is 42.5 Å². The van der Waals surface area contributed by atoms with Crippen LogP contribution in [0.3, 0.4) is 0 Å². The number of nitriles is 1. The van der Waals surface area contributed by atoms with Gasteiger partial charge in [0, 0.05) is 38.0 Å². The molecule has 0 radical (unpaired) electrons. The molecule has 0 aromatic heterocycles. The van der Waals surface area contributed by atoms with Crippen molar-refractivity contribution in [3.05, 3.63) is 48.0 Å². The summed E-state index contributed by atoms with van der Waals surface area (Å²) >= 11 is 0. The SMILES string of the molecule is CC(c1cccc2ccccc12)N1CCC(NC(=O)CCC(=O)NCC#N)CC1. The summed E-state index contributed by atoms with van der Waals surface area (Å²) in [4.78, 5) is 26.1. The topological polar surface area (TPSA) is 85.2 Å². The molecule has 0 bridgehead atoms. The molecule has 1 aliphatic rings. The van der Waals surface area contributed by atoms with Crippen molar-refractivity contribution >= 4 is 22.6 Å². The summed E-state index contributed by atoms with van der Waals surface area (Å²) in [5.41, 5.74) is 1.34. The van der Waals surface area contributed by atoms with Gasteiger partial charge in [0.1, 0.15) is 6.54 Å². The van der Waals surface area contributed by atoms with Crippen LogP contribution in [-0.2, 0) is 9.59 Å². The molecular formula is C23H28N4O2. The highest BCUT2D eigenvalue weighted by Gasteiger charge is 2.25. The average molecular weight is 393 g/mol. The summed E-state index contributed by atoms with van der Waals surface area (Å²) in [5, 5.41) is 16.5. The van der Waals surface area contributed by atoms with Crippen molar-refractivity contribution in [2.75, 3.05) is 19.6 Å². The van der Waals surface area contributed by atoms with Crippen LogP contribution in [0, 0.1) is 11.3 Å². The minimum Gasteiger partial charge on any atom is -0.353 e. The molecule has 1 atom stereocenters. The summed E-state index contributed by atoms with van der Waals surface area (Å²) in [7, 11) is 0. The van der Waals surface area contributed by atoms with E-state index in [-0.39, 0.29) is 37.2 Å². The van der Waals surface area contributed by atoms with E-state index in [4.69, 9.17) is 5.26 Å². The van der Waals surface area contributed by atoms with Crippen molar-refractivity contribution in [2.24, 2.45) is 0 Å². The molecule has 6 nitrogen and oxygen atoms in total. The van der Waals surface area contributed by atoms with Gasteiger partial charge in [-0.1, -0.05) is 42.5 Å². The second kappa shape index (κ2) is 10.0. The Labute approximate surface area is 171 Å². The molecule has 6 heteroatoms. The van der Waals surface area contributed by atoms with Crippen molar-refractivity contribution in [1.82, 2.24) is 15.5 Å². The number of likely N-dealkylation sites (tertiary alicyclic amines) is 1. The number of rotatable bonds is 7. The molecule has 29 heavy (non-hydrogen) atoms. The van der Waals surface area contributed by atoms with Gasteiger partial charge in [-0.25, -0.2) is 0 Å². The fraction of sp³-hybridized carbons (Fsp3) is 0.435. The summed E-state index contributed by atoms with van der Waals surface area (Å²) in [6.07, 6.45) is 2.08. The Morgan fingerprint density at radius 1 is 1.10 bits per heavy atom. The van der Waals surface area contributed by atoms with E-state index in [9.17, 15) is 9.59 Å². The molecule has 152 valence electrons. The first kappa shape index (κ1) is 20.8. The van der Waals surface area contributed by atoms with Crippen molar-refractivity contribution in [1.29, 1.82) is 5.26 Å². The predicted molar refractivity (Wildman–Crippen MR) is 113 cm³/mol. The van der Waals surface area contributed by atoms with Crippen LogP contribution in [0.5, 0.6) is 0 Å². The first-order valence-corrected chi connectivity index (χ1v) is 10.2. The standard InChI is InChI=1S/C23H28N4O2/c1-17(20-8-4-6-18-5-2-3-7-21(18)20)27-15-11-19(12-16-27)26-23(29)10-9-22(28)25-14-13-24/h2-8,17,19H,9-12,14-16H2,1H3,(H,25,28)(H,26,29). The normalized spacial score (nSPS) is 16.1. The highest BCUT2D eigenvalue weighted by atomic mass is 16.2. The quantitative estimate of drug-likeness (QED) is 0.710. The Kier molecular flexibility index (Phi) is 7.20. The molecule has 1 fully saturated rings. The average Bonchev–Trinajstić information content (AvgIpc) is 2.76. The molecule has 0 spiro atoms. The third kappa shape index (κ3) is 5.55. The number of carbonyl (C=O) groups excluding carboxylic acids is 2. The lowest BCUT2D eigenvalue weighted by molar-refractivity contribution is -0.126. The number of hydrogen-bond donors (Lipinski definition) is 2. The second-order valence-electron chi connectivity index (χ2n) is 7.56. The first-order valence-electron chi connectivity index (χ1n) is 10.2. The zero-order valence-electron chi connectivity index (χ0n) is 16.9. The number of nitrogens with zero attached hydrogens (tertiary/aromatic N) is 2. The lowest BCUT2D eigenvalue weighted by Gasteiger charge is -2.37. The van der Waals surface area contributed by atoms with Crippen LogP contribution in [-0.4, -0.2) is 42.4 Å². The highest BCUT2D eigenvalue weighted by molar-refractivity contribution is 5.86. The van der Waals surface area contributed by atoms with Gasteiger partial charge in [0.2, 0.25) is 11.8 Å². The first-order chi connectivity index (χ1) is 14.1. The number of benzene rings is 2. The summed E-state index contributed by atoms with van der Waals surface area (Å²) < 4.78 is 0. The Hall–Kier alpha value is -2.91. The zero-order chi connectivity index (χ0) is 20.6. The minimum atomic E-state index is -0.263. The number of fused-ring (bicyclic) bond motifs is 1. The van der Waals surface area contributed by atoms with Crippen molar-refractivity contribution in [3.8, 4) is 6.07 Å². The molecule has 1 unspecified atom stereocenters. The molecule has 0 aliphatic carbocycles. The maximum atomic E-state index is 12.1. The van der Waals surface area contributed by atoms with E-state index in [2.05, 4.69) is 64.9 Å². The molecule has 2 N–H and O–H groups in total. The van der Waals surface area contributed by atoms with E-state index < -0.39 is 0 Å². The molecule has 0 saturated carbocycles. The molecule has 1 saturated heterocycles. The molecule has 1 aliphatic heterocycles. The third-order valence-corrected chi connectivity index (χ3v) is 5.66. The molecule has 3 rings (SSSR count). The number of amides is 2. The van der Waals surface area contributed by atoms with Crippen molar-refractivity contribution < 1.29 is 9.59 Å². The lowest BCUT2D eigenvalue weighted by atomic mass is 9.96. The monoisotopic (exact) mass is 392 g/mol. The Morgan fingerprint density at radius 2 is 1.79 bits per heavy atom. The fourth-order valence-electron chi connectivity index (χ4n) is 4.00. The molecule has 2 amide bonds. The zero-order valence-corrected chi connectivity index (χ0v) is 16.9.